The van der Waals surface area contributed by atoms with Crippen LogP contribution in [0.5, 0.6) is 0 Å². The molecule has 8 heteroatoms. The third-order valence-corrected chi connectivity index (χ3v) is 2.68. The molecule has 2 aromatic heterocycles. The lowest BCUT2D eigenvalue weighted by molar-refractivity contribution is 0.0439. The van der Waals surface area contributed by atoms with Crippen LogP contribution < -0.4 is 5.73 Å². The van der Waals surface area contributed by atoms with Gasteiger partial charge in [0.15, 0.2) is 10.8 Å². The van der Waals surface area contributed by atoms with Crippen LogP contribution in [0.25, 0.3) is 11.0 Å². The number of aromatic nitrogens is 4. The van der Waals surface area contributed by atoms with Crippen molar-refractivity contribution in [3.05, 3.63) is 6.20 Å². The average Bonchev–Trinajstić information content (AvgIpc) is 2.73. The number of hydrogen-bond donors (Lipinski definition) is 2. The van der Waals surface area contributed by atoms with Gasteiger partial charge in [-0.1, -0.05) is 11.8 Å². The highest BCUT2D eigenvalue weighted by Crippen LogP contribution is 2.20. The monoisotopic (exact) mass is 255 g/mol. The Morgan fingerprint density at radius 2 is 2.35 bits per heavy atom. The van der Waals surface area contributed by atoms with Gasteiger partial charge in [-0.3, -0.25) is 0 Å². The Labute approximate surface area is 102 Å². The number of fused-ring (bicyclic) bond motifs is 1. The maximum Gasteiger partial charge on any atom is 0.191 e. The molecule has 2 rings (SSSR count). The van der Waals surface area contributed by atoms with E-state index in [1.165, 1.54) is 11.8 Å². The topological polar surface area (TPSA) is 99.1 Å². The second kappa shape index (κ2) is 5.30. The van der Waals surface area contributed by atoms with Gasteiger partial charge in [-0.2, -0.15) is 5.10 Å². The van der Waals surface area contributed by atoms with E-state index in [1.54, 1.807) is 10.9 Å². The van der Waals surface area contributed by atoms with E-state index in [0.29, 0.717) is 22.0 Å². The quantitative estimate of drug-likeness (QED) is 0.444. The SMILES string of the molecule is CSc1nc(N)c2cnn(COCCO)c2n1. The van der Waals surface area contributed by atoms with Gasteiger partial charge in [0.1, 0.15) is 12.5 Å². The standard InChI is InChI=1S/C9H13N5O2S/c1-17-9-12-7(10)6-4-11-14(8(6)13-9)5-16-3-2-15/h4,15H,2-3,5H2,1H3,(H2,10,12,13). The molecule has 0 aromatic carbocycles. The Morgan fingerprint density at radius 1 is 1.53 bits per heavy atom. The highest BCUT2D eigenvalue weighted by atomic mass is 32.2. The number of nitrogen functional groups attached to an aromatic ring is 1. The molecule has 0 aliphatic rings. The third kappa shape index (κ3) is 2.48. The van der Waals surface area contributed by atoms with Crippen molar-refractivity contribution < 1.29 is 9.84 Å². The smallest absolute Gasteiger partial charge is 0.191 e. The number of aliphatic hydroxyl groups excluding tert-OH is 1. The number of nitrogens with two attached hydrogens (primary N) is 1. The molecule has 0 unspecified atom stereocenters. The van der Waals surface area contributed by atoms with Gasteiger partial charge in [-0.25, -0.2) is 14.6 Å². The van der Waals surface area contributed by atoms with Crippen molar-refractivity contribution in [2.75, 3.05) is 25.2 Å². The van der Waals surface area contributed by atoms with Crippen molar-refractivity contribution in [3.63, 3.8) is 0 Å². The minimum atomic E-state index is -0.0214. The molecule has 0 aliphatic heterocycles. The van der Waals surface area contributed by atoms with Crippen LogP contribution in [0.2, 0.25) is 0 Å². The first-order chi connectivity index (χ1) is 8.26. The fourth-order valence-corrected chi connectivity index (χ4v) is 1.73. The van der Waals surface area contributed by atoms with Gasteiger partial charge < -0.3 is 15.6 Å². The summed E-state index contributed by atoms with van der Waals surface area (Å²) in [5.41, 5.74) is 6.44. The zero-order valence-corrected chi connectivity index (χ0v) is 10.1. The summed E-state index contributed by atoms with van der Waals surface area (Å²) in [6, 6.07) is 0. The molecule has 0 aliphatic carbocycles. The van der Waals surface area contributed by atoms with E-state index in [9.17, 15) is 0 Å². The summed E-state index contributed by atoms with van der Waals surface area (Å²) in [4.78, 5) is 8.45. The molecular formula is C9H13N5O2S. The summed E-state index contributed by atoms with van der Waals surface area (Å²) < 4.78 is 6.78. The molecule has 3 N–H and O–H groups in total. The lowest BCUT2D eigenvalue weighted by Gasteiger charge is -2.04. The first kappa shape index (κ1) is 12.1. The third-order valence-electron chi connectivity index (χ3n) is 2.14. The number of anilines is 1. The van der Waals surface area contributed by atoms with E-state index in [-0.39, 0.29) is 19.9 Å². The summed E-state index contributed by atoms with van der Waals surface area (Å²) in [6.07, 6.45) is 3.49. The summed E-state index contributed by atoms with van der Waals surface area (Å²) in [7, 11) is 0. The number of thioether (sulfide) groups is 1. The van der Waals surface area contributed by atoms with E-state index in [0.717, 1.165) is 0 Å². The second-order valence-electron chi connectivity index (χ2n) is 3.24. The van der Waals surface area contributed by atoms with Crippen LogP contribution in [0.4, 0.5) is 5.82 Å². The Balaban J connectivity index is 2.33. The predicted octanol–water partition coefficient (Wildman–Crippen LogP) is 0.0968. The molecule has 2 heterocycles. The molecule has 0 spiro atoms. The molecule has 0 saturated heterocycles. The molecule has 7 nitrogen and oxygen atoms in total. The summed E-state index contributed by atoms with van der Waals surface area (Å²) in [5, 5.41) is 14.1. The van der Waals surface area contributed by atoms with E-state index >= 15 is 0 Å². The molecule has 17 heavy (non-hydrogen) atoms. The maximum absolute atomic E-state index is 8.63. The van der Waals surface area contributed by atoms with Gasteiger partial charge in [0.2, 0.25) is 0 Å². The fraction of sp³-hybridized carbons (Fsp3) is 0.444. The van der Waals surface area contributed by atoms with Gasteiger partial charge in [0, 0.05) is 0 Å². The molecule has 0 saturated carbocycles. The van der Waals surface area contributed by atoms with Crippen molar-refractivity contribution in [1.82, 2.24) is 19.7 Å². The molecule has 92 valence electrons. The Kier molecular flexibility index (Phi) is 3.77. The summed E-state index contributed by atoms with van der Waals surface area (Å²) >= 11 is 1.41. The maximum atomic E-state index is 8.63. The number of ether oxygens (including phenoxy) is 1. The Hall–Kier alpha value is -1.38. The lowest BCUT2D eigenvalue weighted by Crippen LogP contribution is -2.08. The molecular weight excluding hydrogens is 242 g/mol. The highest BCUT2D eigenvalue weighted by Gasteiger charge is 2.10. The Bertz CT molecular complexity index is 515. The van der Waals surface area contributed by atoms with Gasteiger partial charge in [-0.05, 0) is 6.26 Å². The van der Waals surface area contributed by atoms with Gasteiger partial charge in [0.05, 0.1) is 24.8 Å². The summed E-state index contributed by atoms with van der Waals surface area (Å²) in [6.45, 7) is 0.470. The Morgan fingerprint density at radius 3 is 3.06 bits per heavy atom. The van der Waals surface area contributed by atoms with Crippen LogP contribution in [0.1, 0.15) is 0 Å². The molecule has 0 radical (unpaired) electrons. The molecule has 0 atom stereocenters. The van der Waals surface area contributed by atoms with Crippen molar-refractivity contribution in [2.45, 2.75) is 11.9 Å². The van der Waals surface area contributed by atoms with Crippen LogP contribution in [0.15, 0.2) is 11.4 Å². The number of nitrogens with zero attached hydrogens (tertiary/aromatic N) is 4. The average molecular weight is 255 g/mol. The van der Waals surface area contributed by atoms with Crippen molar-refractivity contribution in [2.24, 2.45) is 0 Å². The zero-order chi connectivity index (χ0) is 12.3. The van der Waals surface area contributed by atoms with Crippen molar-refractivity contribution >= 4 is 28.6 Å². The van der Waals surface area contributed by atoms with Crippen LogP contribution >= 0.6 is 11.8 Å². The van der Waals surface area contributed by atoms with E-state index in [4.69, 9.17) is 15.6 Å². The first-order valence-corrected chi connectivity index (χ1v) is 6.20. The first-order valence-electron chi connectivity index (χ1n) is 4.98. The zero-order valence-electron chi connectivity index (χ0n) is 9.33. The van der Waals surface area contributed by atoms with Crippen LogP contribution in [-0.2, 0) is 11.5 Å². The highest BCUT2D eigenvalue weighted by molar-refractivity contribution is 7.98. The molecule has 2 aromatic rings. The number of rotatable bonds is 5. The van der Waals surface area contributed by atoms with E-state index in [1.807, 2.05) is 6.26 Å². The van der Waals surface area contributed by atoms with Crippen LogP contribution in [-0.4, -0.2) is 44.3 Å². The van der Waals surface area contributed by atoms with Crippen LogP contribution in [0.3, 0.4) is 0 Å². The van der Waals surface area contributed by atoms with Gasteiger partial charge in [0.25, 0.3) is 0 Å². The summed E-state index contributed by atoms with van der Waals surface area (Å²) in [5.74, 6) is 0.410. The molecule has 0 bridgehead atoms. The van der Waals surface area contributed by atoms with Crippen molar-refractivity contribution in [3.8, 4) is 0 Å². The number of aliphatic hydroxyl groups is 1. The molecule has 0 fully saturated rings. The predicted molar refractivity (Wildman–Crippen MR) is 64.6 cm³/mol. The lowest BCUT2D eigenvalue weighted by atomic mass is 10.4. The minimum Gasteiger partial charge on any atom is -0.394 e. The number of hydrogen-bond acceptors (Lipinski definition) is 7. The largest absolute Gasteiger partial charge is 0.394 e. The second-order valence-corrected chi connectivity index (χ2v) is 4.01. The van der Waals surface area contributed by atoms with Crippen LogP contribution in [0, 0.1) is 0 Å². The van der Waals surface area contributed by atoms with E-state index in [2.05, 4.69) is 15.1 Å². The normalized spacial score (nSPS) is 11.2. The fourth-order valence-electron chi connectivity index (χ4n) is 1.36. The van der Waals surface area contributed by atoms with Gasteiger partial charge in [-0.15, -0.1) is 0 Å². The van der Waals surface area contributed by atoms with Crippen molar-refractivity contribution in [1.29, 1.82) is 0 Å². The minimum absolute atomic E-state index is 0.0214. The molecule has 0 amide bonds. The van der Waals surface area contributed by atoms with Gasteiger partial charge >= 0.3 is 0 Å². The van der Waals surface area contributed by atoms with E-state index < -0.39 is 0 Å².